The molecule has 0 spiro atoms. The van der Waals surface area contributed by atoms with Gasteiger partial charge in [0.2, 0.25) is 0 Å². The molecule has 160 valence electrons. The van der Waals surface area contributed by atoms with E-state index in [0.29, 0.717) is 6.54 Å². The largest absolute Gasteiger partial charge is 0.497 e. The van der Waals surface area contributed by atoms with Crippen molar-refractivity contribution in [3.05, 3.63) is 93.1 Å². The Morgan fingerprint density at radius 3 is 2.56 bits per heavy atom. The van der Waals surface area contributed by atoms with Gasteiger partial charge in [-0.15, -0.1) is 0 Å². The lowest BCUT2D eigenvalue weighted by Crippen LogP contribution is -2.33. The molecule has 5 rings (SSSR count). The molecule has 0 bridgehead atoms. The van der Waals surface area contributed by atoms with Gasteiger partial charge in [-0.2, -0.15) is 0 Å². The molecule has 0 unspecified atom stereocenters. The van der Waals surface area contributed by atoms with Crippen LogP contribution >= 0.6 is 34.8 Å². The quantitative estimate of drug-likeness (QED) is 0.243. The van der Waals surface area contributed by atoms with E-state index in [1.54, 1.807) is 7.11 Å². The maximum absolute atomic E-state index is 5.76. The summed E-state index contributed by atoms with van der Waals surface area (Å²) in [6, 6.07) is 25.0. The summed E-state index contributed by atoms with van der Waals surface area (Å²) in [5, 5.41) is 4.49. The molecule has 4 aromatic rings. The number of ether oxygens (including phenoxy) is 1. The average molecular weight is 551 g/mol. The van der Waals surface area contributed by atoms with Crippen LogP contribution in [0.25, 0.3) is 10.9 Å². The van der Waals surface area contributed by atoms with E-state index in [4.69, 9.17) is 21.9 Å². The van der Waals surface area contributed by atoms with Crippen LogP contribution in [0, 0.1) is 3.57 Å². The maximum atomic E-state index is 5.76. The number of hydrogen-bond donors (Lipinski definition) is 1. The van der Waals surface area contributed by atoms with E-state index in [1.165, 1.54) is 14.7 Å². The lowest BCUT2D eigenvalue weighted by molar-refractivity contribution is 0.414. The number of rotatable bonds is 5. The molecule has 0 atom stereocenters. The normalized spacial score (nSPS) is 12.9. The van der Waals surface area contributed by atoms with E-state index < -0.39 is 0 Å². The van der Waals surface area contributed by atoms with E-state index in [9.17, 15) is 0 Å². The van der Waals surface area contributed by atoms with E-state index in [0.717, 1.165) is 51.7 Å². The predicted octanol–water partition coefficient (Wildman–Crippen LogP) is 6.01. The number of anilines is 2. The summed E-state index contributed by atoms with van der Waals surface area (Å²) in [4.78, 5) is 8.31. The first kappa shape index (κ1) is 21.2. The van der Waals surface area contributed by atoms with Gasteiger partial charge in [0.1, 0.15) is 16.6 Å². The molecule has 32 heavy (non-hydrogen) atoms. The summed E-state index contributed by atoms with van der Waals surface area (Å²) in [6.45, 7) is 1.52. The molecule has 2 heterocycles. The fourth-order valence-electron chi connectivity index (χ4n) is 4.21. The van der Waals surface area contributed by atoms with Crippen molar-refractivity contribution in [3.8, 4) is 5.75 Å². The minimum absolute atomic E-state index is 0.696. The number of halogens is 1. The number of pyridine rings is 1. The first-order valence-corrected chi connectivity index (χ1v) is 12.0. The highest BCUT2D eigenvalue weighted by Crippen LogP contribution is 2.37. The first-order chi connectivity index (χ1) is 15.7. The summed E-state index contributed by atoms with van der Waals surface area (Å²) in [5.41, 5.74) is 5.60. The van der Waals surface area contributed by atoms with Crippen molar-refractivity contribution in [3.63, 3.8) is 0 Å². The Balaban J connectivity index is 1.72. The third-order valence-corrected chi connectivity index (χ3v) is 7.02. The second-order valence-corrected chi connectivity index (χ2v) is 9.27. The van der Waals surface area contributed by atoms with Crippen LogP contribution in [0.2, 0.25) is 0 Å². The van der Waals surface area contributed by atoms with Gasteiger partial charge in [0.25, 0.3) is 0 Å². The highest BCUT2D eigenvalue weighted by Gasteiger charge is 2.26. The van der Waals surface area contributed by atoms with Gasteiger partial charge in [-0.1, -0.05) is 54.7 Å². The molecule has 1 aliphatic rings. The second kappa shape index (κ2) is 9.03. The van der Waals surface area contributed by atoms with Gasteiger partial charge in [-0.3, -0.25) is 0 Å². The molecular formula is C26H22IN3OS. The second-order valence-electron chi connectivity index (χ2n) is 7.70. The predicted molar refractivity (Wildman–Crippen MR) is 143 cm³/mol. The van der Waals surface area contributed by atoms with Crippen LogP contribution in [0.15, 0.2) is 72.8 Å². The van der Waals surface area contributed by atoms with Gasteiger partial charge in [0.15, 0.2) is 0 Å². The summed E-state index contributed by atoms with van der Waals surface area (Å²) in [7, 11) is 1.69. The van der Waals surface area contributed by atoms with Crippen LogP contribution in [0.1, 0.15) is 16.7 Å². The van der Waals surface area contributed by atoms with Crippen LogP contribution in [-0.2, 0) is 13.0 Å². The van der Waals surface area contributed by atoms with Crippen molar-refractivity contribution >= 4 is 62.2 Å². The van der Waals surface area contributed by atoms with Gasteiger partial charge in [-0.05, 0) is 64.9 Å². The fraction of sp³-hybridized carbons (Fsp3) is 0.154. The molecule has 0 saturated carbocycles. The van der Waals surface area contributed by atoms with E-state index >= 15 is 0 Å². The monoisotopic (exact) mass is 551 g/mol. The number of aromatic nitrogens is 1. The molecule has 0 saturated heterocycles. The fourth-order valence-corrected chi connectivity index (χ4v) is 5.22. The van der Waals surface area contributed by atoms with Crippen LogP contribution in [0.3, 0.4) is 0 Å². The number of fused-ring (bicyclic) bond motifs is 3. The highest BCUT2D eigenvalue weighted by molar-refractivity contribution is 14.1. The van der Waals surface area contributed by atoms with Gasteiger partial charge < -0.3 is 15.0 Å². The Bertz CT molecular complexity index is 1310. The lowest BCUT2D eigenvalue weighted by Gasteiger charge is -2.31. The lowest BCUT2D eigenvalue weighted by atomic mass is 9.96. The summed E-state index contributed by atoms with van der Waals surface area (Å²) in [5.74, 6) is 1.83. The Labute approximate surface area is 206 Å². The number of para-hydroxylation sites is 2. The van der Waals surface area contributed by atoms with Crippen molar-refractivity contribution in [1.82, 2.24) is 10.3 Å². The third-order valence-electron chi connectivity index (χ3n) is 5.76. The maximum Gasteiger partial charge on any atom is 0.138 e. The van der Waals surface area contributed by atoms with Gasteiger partial charge >= 0.3 is 0 Å². The van der Waals surface area contributed by atoms with Gasteiger partial charge in [0, 0.05) is 33.2 Å². The minimum Gasteiger partial charge on any atom is -0.497 e. The molecule has 4 nitrogen and oxygen atoms in total. The molecule has 0 amide bonds. The van der Waals surface area contributed by atoms with Crippen LogP contribution in [0.5, 0.6) is 5.75 Å². The smallest absolute Gasteiger partial charge is 0.138 e. The molecule has 1 N–H and O–H groups in total. The molecule has 1 aromatic heterocycles. The Kier molecular flexibility index (Phi) is 5.97. The van der Waals surface area contributed by atoms with Crippen molar-refractivity contribution in [2.45, 2.75) is 13.0 Å². The van der Waals surface area contributed by atoms with E-state index in [1.807, 2.05) is 18.2 Å². The topological polar surface area (TPSA) is 37.4 Å². The van der Waals surface area contributed by atoms with E-state index in [2.05, 4.69) is 87.4 Å². The zero-order valence-electron chi connectivity index (χ0n) is 17.6. The number of thiocarbonyl (C=S) groups is 1. The minimum atomic E-state index is 0.696. The number of benzene rings is 3. The number of hydrogen-bond acceptors (Lipinski definition) is 4. The Morgan fingerprint density at radius 2 is 1.78 bits per heavy atom. The summed E-state index contributed by atoms with van der Waals surface area (Å²) in [6.07, 6.45) is 0.880. The standard InChI is InChI=1S/C26H22IN3OS/c1-31-18-12-10-17(11-13-18)16-30(23-9-5-3-7-21(23)27)25-20-14-15-28-26(32)24(20)19-6-2-4-8-22(19)29-25/h2-13H,14-16H2,1H3,(H,28,32). The zero-order chi connectivity index (χ0) is 22.1. The molecule has 3 aromatic carbocycles. The molecule has 0 radical (unpaired) electrons. The average Bonchev–Trinajstić information content (AvgIpc) is 2.83. The van der Waals surface area contributed by atoms with E-state index in [-0.39, 0.29) is 0 Å². The van der Waals surface area contributed by atoms with Crippen LogP contribution in [0.4, 0.5) is 11.5 Å². The highest BCUT2D eigenvalue weighted by atomic mass is 127. The van der Waals surface area contributed by atoms with Gasteiger partial charge in [0.05, 0.1) is 18.3 Å². The first-order valence-electron chi connectivity index (χ1n) is 10.5. The Morgan fingerprint density at radius 1 is 1.03 bits per heavy atom. The Hall–Kier alpha value is -2.71. The SMILES string of the molecule is COc1ccc(CN(c2ccccc2I)c2nc3ccccc3c3c2CCNC3=S)cc1. The van der Waals surface area contributed by atoms with Crippen molar-refractivity contribution < 1.29 is 4.74 Å². The number of methoxy groups -OCH3 is 1. The summed E-state index contributed by atoms with van der Waals surface area (Å²) >= 11 is 8.17. The molecule has 6 heteroatoms. The molecular weight excluding hydrogens is 529 g/mol. The van der Waals surface area contributed by atoms with Crippen molar-refractivity contribution in [2.24, 2.45) is 0 Å². The molecule has 1 aliphatic heterocycles. The van der Waals surface area contributed by atoms with Crippen molar-refractivity contribution in [1.29, 1.82) is 0 Å². The van der Waals surface area contributed by atoms with Gasteiger partial charge in [-0.25, -0.2) is 4.98 Å². The van der Waals surface area contributed by atoms with Crippen molar-refractivity contribution in [2.75, 3.05) is 18.6 Å². The zero-order valence-corrected chi connectivity index (χ0v) is 20.6. The third kappa shape index (κ3) is 3.93. The van der Waals surface area contributed by atoms with Crippen LogP contribution < -0.4 is 15.0 Å². The molecule has 0 fully saturated rings. The number of nitrogens with one attached hydrogen (secondary N) is 1. The number of nitrogens with zero attached hydrogens (tertiary/aromatic N) is 2. The summed E-state index contributed by atoms with van der Waals surface area (Å²) < 4.78 is 6.53. The molecule has 0 aliphatic carbocycles. The van der Waals surface area contributed by atoms with Crippen LogP contribution in [-0.4, -0.2) is 23.6 Å².